The minimum atomic E-state index is -0.117. The fourth-order valence-electron chi connectivity index (χ4n) is 2.57. The molecule has 1 aromatic heterocycles. The van der Waals surface area contributed by atoms with Gasteiger partial charge in [0.25, 0.3) is 0 Å². The average molecular weight is 369 g/mol. The number of aliphatic imine (C=N–C) groups is 1. The Balaban J connectivity index is 1.74. The third kappa shape index (κ3) is 7.07. The van der Waals surface area contributed by atoms with Crippen molar-refractivity contribution in [3.63, 3.8) is 0 Å². The molecule has 1 heterocycles. The Morgan fingerprint density at radius 1 is 1.15 bits per heavy atom. The lowest BCUT2D eigenvalue weighted by Crippen LogP contribution is -2.41. The molecule has 0 aliphatic carbocycles. The third-order valence-corrected chi connectivity index (χ3v) is 4.03. The van der Waals surface area contributed by atoms with Crippen LogP contribution in [-0.2, 0) is 4.79 Å². The number of hydrogen-bond acceptors (Lipinski definition) is 4. The van der Waals surface area contributed by atoms with Crippen molar-refractivity contribution in [2.75, 3.05) is 32.1 Å². The molecule has 27 heavy (non-hydrogen) atoms. The molecule has 0 spiro atoms. The van der Waals surface area contributed by atoms with E-state index in [1.54, 1.807) is 13.1 Å². The predicted octanol–water partition coefficient (Wildman–Crippen LogP) is 1.66. The number of hydrogen-bond donors (Lipinski definition) is 4. The monoisotopic (exact) mass is 369 g/mol. The summed E-state index contributed by atoms with van der Waals surface area (Å²) in [6, 6.07) is 15.3. The van der Waals surface area contributed by atoms with Gasteiger partial charge >= 0.3 is 0 Å². The first kappa shape index (κ1) is 20.4. The number of pyridine rings is 1. The summed E-state index contributed by atoms with van der Waals surface area (Å²) in [7, 11) is 1.67. The maximum atomic E-state index is 12.0. The minimum absolute atomic E-state index is 0.0274. The number of aliphatic hydroxyl groups excluding tert-OH is 1. The molecule has 7 heteroatoms. The van der Waals surface area contributed by atoms with Gasteiger partial charge in [-0.15, -0.1) is 0 Å². The van der Waals surface area contributed by atoms with Crippen molar-refractivity contribution in [2.45, 2.75) is 19.3 Å². The van der Waals surface area contributed by atoms with Crippen molar-refractivity contribution < 1.29 is 9.90 Å². The summed E-state index contributed by atoms with van der Waals surface area (Å²) in [5.41, 5.74) is 1.92. The molecule has 2 rings (SSSR count). The lowest BCUT2D eigenvalue weighted by molar-refractivity contribution is -0.116. The lowest BCUT2D eigenvalue weighted by atomic mass is 10.0. The number of rotatable bonds is 8. The van der Waals surface area contributed by atoms with Gasteiger partial charge in [-0.25, -0.2) is 4.98 Å². The van der Waals surface area contributed by atoms with E-state index in [-0.39, 0.29) is 18.4 Å². The average Bonchev–Trinajstić information content (AvgIpc) is 2.68. The van der Waals surface area contributed by atoms with Gasteiger partial charge in [-0.1, -0.05) is 36.4 Å². The highest BCUT2D eigenvalue weighted by Crippen LogP contribution is 2.13. The van der Waals surface area contributed by atoms with Gasteiger partial charge in [0, 0.05) is 38.2 Å². The van der Waals surface area contributed by atoms with E-state index in [4.69, 9.17) is 0 Å². The Bertz CT molecular complexity index is 749. The highest BCUT2D eigenvalue weighted by Gasteiger charge is 2.11. The van der Waals surface area contributed by atoms with Gasteiger partial charge in [0.1, 0.15) is 5.82 Å². The second-order valence-electron chi connectivity index (χ2n) is 6.13. The number of aromatic nitrogens is 1. The zero-order chi connectivity index (χ0) is 19.5. The molecule has 0 saturated carbocycles. The van der Waals surface area contributed by atoms with Gasteiger partial charge in [-0.05, 0) is 24.6 Å². The van der Waals surface area contributed by atoms with Gasteiger partial charge in [0.05, 0.1) is 6.61 Å². The molecular weight excluding hydrogens is 342 g/mol. The van der Waals surface area contributed by atoms with Crippen LogP contribution in [0.25, 0.3) is 0 Å². The Hall–Kier alpha value is -2.93. The number of guanidine groups is 1. The van der Waals surface area contributed by atoms with Crippen LogP contribution >= 0.6 is 0 Å². The molecule has 1 unspecified atom stereocenters. The molecular formula is C20H27N5O2. The van der Waals surface area contributed by atoms with Crippen LogP contribution in [0.2, 0.25) is 0 Å². The Morgan fingerprint density at radius 3 is 2.59 bits per heavy atom. The topological polar surface area (TPSA) is 98.6 Å². The van der Waals surface area contributed by atoms with E-state index in [1.807, 2.05) is 49.4 Å². The van der Waals surface area contributed by atoms with E-state index in [9.17, 15) is 9.90 Å². The van der Waals surface area contributed by atoms with E-state index in [2.05, 4.69) is 25.9 Å². The van der Waals surface area contributed by atoms with Crippen molar-refractivity contribution >= 4 is 17.7 Å². The number of nitrogens with zero attached hydrogens (tertiary/aromatic N) is 2. The van der Waals surface area contributed by atoms with Crippen LogP contribution in [0.15, 0.2) is 53.5 Å². The smallest absolute Gasteiger partial charge is 0.227 e. The van der Waals surface area contributed by atoms with Crippen molar-refractivity contribution in [2.24, 2.45) is 4.99 Å². The normalized spacial score (nSPS) is 12.3. The standard InChI is InChI=1S/C20H27N5O2/c1-15-7-6-10-18(24-15)25-19(27)11-12-22-20(21-2)23-13-17(14-26)16-8-4-3-5-9-16/h3-10,17,26H,11-14H2,1-2H3,(H2,21,22,23)(H,24,25,27). The fraction of sp³-hybridized carbons (Fsp3) is 0.350. The highest BCUT2D eigenvalue weighted by atomic mass is 16.3. The Kier molecular flexibility index (Phi) is 8.25. The molecule has 1 atom stereocenters. The molecule has 0 fully saturated rings. The highest BCUT2D eigenvalue weighted by molar-refractivity contribution is 5.90. The summed E-state index contributed by atoms with van der Waals surface area (Å²) in [6.45, 7) is 2.90. The summed E-state index contributed by atoms with van der Waals surface area (Å²) in [6.07, 6.45) is 0.290. The number of aryl methyl sites for hydroxylation is 1. The first-order chi connectivity index (χ1) is 13.1. The molecule has 1 amide bonds. The van der Waals surface area contributed by atoms with Crippen molar-refractivity contribution in [3.8, 4) is 0 Å². The van der Waals surface area contributed by atoms with Crippen molar-refractivity contribution in [3.05, 3.63) is 59.8 Å². The molecule has 0 aliphatic heterocycles. The lowest BCUT2D eigenvalue weighted by Gasteiger charge is -2.18. The fourth-order valence-corrected chi connectivity index (χ4v) is 2.57. The van der Waals surface area contributed by atoms with Crippen LogP contribution in [0.3, 0.4) is 0 Å². The molecule has 144 valence electrons. The van der Waals surface area contributed by atoms with Crippen LogP contribution < -0.4 is 16.0 Å². The number of amides is 1. The molecule has 0 bridgehead atoms. The maximum Gasteiger partial charge on any atom is 0.227 e. The number of anilines is 1. The molecule has 0 radical (unpaired) electrons. The SMILES string of the molecule is CN=C(NCCC(=O)Nc1cccc(C)n1)NCC(CO)c1ccccc1. The van der Waals surface area contributed by atoms with E-state index in [1.165, 1.54) is 0 Å². The zero-order valence-electron chi connectivity index (χ0n) is 15.8. The second kappa shape index (κ2) is 10.9. The van der Waals surface area contributed by atoms with E-state index in [0.717, 1.165) is 11.3 Å². The van der Waals surface area contributed by atoms with Crippen LogP contribution in [-0.4, -0.2) is 48.7 Å². The Morgan fingerprint density at radius 2 is 1.93 bits per heavy atom. The molecule has 2 aromatic rings. The van der Waals surface area contributed by atoms with Gasteiger partial charge in [-0.3, -0.25) is 9.79 Å². The van der Waals surface area contributed by atoms with Crippen LogP contribution in [0.5, 0.6) is 0 Å². The molecule has 7 nitrogen and oxygen atoms in total. The quantitative estimate of drug-likeness (QED) is 0.419. The molecule has 0 saturated heterocycles. The van der Waals surface area contributed by atoms with Crippen molar-refractivity contribution in [1.82, 2.24) is 15.6 Å². The predicted molar refractivity (Wildman–Crippen MR) is 108 cm³/mol. The maximum absolute atomic E-state index is 12.0. The van der Waals surface area contributed by atoms with E-state index < -0.39 is 0 Å². The Labute approximate surface area is 159 Å². The minimum Gasteiger partial charge on any atom is -0.396 e. The molecule has 1 aromatic carbocycles. The summed E-state index contributed by atoms with van der Waals surface area (Å²) < 4.78 is 0. The largest absolute Gasteiger partial charge is 0.396 e. The molecule has 4 N–H and O–H groups in total. The second-order valence-corrected chi connectivity index (χ2v) is 6.13. The first-order valence-electron chi connectivity index (χ1n) is 8.96. The van der Waals surface area contributed by atoms with Crippen LogP contribution in [0.4, 0.5) is 5.82 Å². The number of carbonyl (C=O) groups is 1. The third-order valence-electron chi connectivity index (χ3n) is 4.03. The van der Waals surface area contributed by atoms with Crippen LogP contribution in [0, 0.1) is 6.92 Å². The summed E-state index contributed by atoms with van der Waals surface area (Å²) >= 11 is 0. The van der Waals surface area contributed by atoms with Gasteiger partial charge < -0.3 is 21.1 Å². The van der Waals surface area contributed by atoms with E-state index >= 15 is 0 Å². The van der Waals surface area contributed by atoms with Crippen molar-refractivity contribution in [1.29, 1.82) is 0 Å². The first-order valence-corrected chi connectivity index (χ1v) is 8.96. The van der Waals surface area contributed by atoms with Gasteiger partial charge in [-0.2, -0.15) is 0 Å². The number of benzene rings is 1. The van der Waals surface area contributed by atoms with Gasteiger partial charge in [0.2, 0.25) is 5.91 Å². The summed E-state index contributed by atoms with van der Waals surface area (Å²) in [4.78, 5) is 20.4. The number of aliphatic hydroxyl groups is 1. The van der Waals surface area contributed by atoms with E-state index in [0.29, 0.717) is 31.3 Å². The molecule has 0 aliphatic rings. The zero-order valence-corrected chi connectivity index (χ0v) is 15.8. The number of nitrogens with one attached hydrogen (secondary N) is 3. The summed E-state index contributed by atoms with van der Waals surface area (Å²) in [5, 5.41) is 18.7. The summed E-state index contributed by atoms with van der Waals surface area (Å²) in [5.74, 6) is 0.996. The number of carbonyl (C=O) groups excluding carboxylic acids is 1. The van der Waals surface area contributed by atoms with Crippen LogP contribution in [0.1, 0.15) is 23.6 Å². The van der Waals surface area contributed by atoms with Gasteiger partial charge in [0.15, 0.2) is 5.96 Å².